The van der Waals surface area contributed by atoms with E-state index >= 15 is 0 Å². The van der Waals surface area contributed by atoms with Crippen LogP contribution in [0.3, 0.4) is 0 Å². The van der Waals surface area contributed by atoms with Gasteiger partial charge in [0.1, 0.15) is 5.58 Å². The Bertz CT molecular complexity index is 1280. The van der Waals surface area contributed by atoms with Crippen molar-refractivity contribution in [3.05, 3.63) is 65.0 Å². The highest BCUT2D eigenvalue weighted by Gasteiger charge is 2.15. The van der Waals surface area contributed by atoms with Crippen LogP contribution in [0, 0.1) is 0 Å². The van der Waals surface area contributed by atoms with Crippen LogP contribution in [0.2, 0.25) is 0 Å². The number of nitrogens with zero attached hydrogens (tertiary/aromatic N) is 5. The molecule has 4 aromatic rings. The Morgan fingerprint density at radius 1 is 0.794 bits per heavy atom. The molecular weight excluding hydrogens is 428 g/mol. The van der Waals surface area contributed by atoms with Crippen molar-refractivity contribution >= 4 is 34.5 Å². The van der Waals surface area contributed by atoms with E-state index in [1.165, 1.54) is 0 Å². The monoisotopic (exact) mass is 458 g/mol. The van der Waals surface area contributed by atoms with Crippen molar-refractivity contribution in [3.63, 3.8) is 0 Å². The highest BCUT2D eigenvalue weighted by molar-refractivity contribution is 5.84. The van der Waals surface area contributed by atoms with Crippen LogP contribution in [0.5, 0.6) is 0 Å². The van der Waals surface area contributed by atoms with Crippen molar-refractivity contribution < 1.29 is 4.42 Å². The van der Waals surface area contributed by atoms with Crippen molar-refractivity contribution in [1.82, 2.24) is 15.0 Å². The number of anilines is 4. The Morgan fingerprint density at radius 3 is 2.00 bits per heavy atom. The summed E-state index contributed by atoms with van der Waals surface area (Å²) in [6.45, 7) is 11.5. The molecule has 0 aliphatic heterocycles. The molecule has 0 saturated heterocycles. The molecule has 34 heavy (non-hydrogen) atoms. The average molecular weight is 459 g/mol. The first kappa shape index (κ1) is 23.2. The van der Waals surface area contributed by atoms with E-state index in [-0.39, 0.29) is 5.63 Å². The van der Waals surface area contributed by atoms with Gasteiger partial charge in [-0.3, -0.25) is 0 Å². The fraction of sp³-hybridized carbons (Fsp3) is 0.308. The van der Waals surface area contributed by atoms with E-state index in [9.17, 15) is 4.79 Å². The zero-order chi connectivity index (χ0) is 24.1. The number of benzene rings is 2. The third-order valence-electron chi connectivity index (χ3n) is 5.78. The molecule has 4 rings (SSSR count). The maximum atomic E-state index is 12.6. The molecule has 0 amide bonds. The number of hydrogen-bond acceptors (Lipinski definition) is 8. The van der Waals surface area contributed by atoms with Crippen LogP contribution in [-0.4, -0.2) is 41.1 Å². The summed E-state index contributed by atoms with van der Waals surface area (Å²) in [5, 5.41) is 4.11. The second-order valence-corrected chi connectivity index (χ2v) is 7.79. The van der Waals surface area contributed by atoms with E-state index in [0.29, 0.717) is 29.0 Å². The quantitative estimate of drug-likeness (QED) is 0.348. The molecule has 0 aliphatic rings. The first-order valence-electron chi connectivity index (χ1n) is 11.7. The fourth-order valence-electron chi connectivity index (χ4n) is 3.84. The van der Waals surface area contributed by atoms with Gasteiger partial charge in [-0.2, -0.15) is 15.0 Å². The first-order valence-corrected chi connectivity index (χ1v) is 11.7. The molecule has 2 heterocycles. The van der Waals surface area contributed by atoms with Gasteiger partial charge in [0, 0.05) is 43.3 Å². The van der Waals surface area contributed by atoms with Crippen LogP contribution in [0.25, 0.3) is 22.1 Å². The third-order valence-corrected chi connectivity index (χ3v) is 5.78. The number of rotatable bonds is 9. The maximum absolute atomic E-state index is 12.6. The molecule has 1 N–H and O–H groups in total. The van der Waals surface area contributed by atoms with Gasteiger partial charge in [-0.05, 0) is 51.5 Å². The van der Waals surface area contributed by atoms with Gasteiger partial charge in [-0.15, -0.1) is 0 Å². The van der Waals surface area contributed by atoms with Crippen LogP contribution in [0.15, 0.2) is 63.8 Å². The van der Waals surface area contributed by atoms with Crippen LogP contribution in [0.1, 0.15) is 27.7 Å². The molecule has 0 fully saturated rings. The highest BCUT2D eigenvalue weighted by Crippen LogP contribution is 2.25. The number of nitrogens with one attached hydrogen (secondary N) is 1. The lowest BCUT2D eigenvalue weighted by atomic mass is 10.1. The largest absolute Gasteiger partial charge is 0.422 e. The van der Waals surface area contributed by atoms with Gasteiger partial charge in [-0.25, -0.2) is 4.79 Å². The van der Waals surface area contributed by atoms with Crippen molar-refractivity contribution in [1.29, 1.82) is 0 Å². The van der Waals surface area contributed by atoms with Gasteiger partial charge >= 0.3 is 5.63 Å². The van der Waals surface area contributed by atoms with E-state index < -0.39 is 0 Å². The van der Waals surface area contributed by atoms with Crippen LogP contribution < -0.4 is 20.7 Å². The molecule has 8 nitrogen and oxygen atoms in total. The Morgan fingerprint density at radius 2 is 1.41 bits per heavy atom. The smallest absolute Gasteiger partial charge is 0.344 e. The predicted octanol–water partition coefficient (Wildman–Crippen LogP) is 5.08. The fourth-order valence-corrected chi connectivity index (χ4v) is 3.84. The Kier molecular flexibility index (Phi) is 7.06. The topological polar surface area (TPSA) is 87.4 Å². The molecule has 0 bridgehead atoms. The summed E-state index contributed by atoms with van der Waals surface area (Å²) < 4.78 is 5.65. The van der Waals surface area contributed by atoms with Gasteiger partial charge in [0.25, 0.3) is 0 Å². The van der Waals surface area contributed by atoms with Crippen LogP contribution in [-0.2, 0) is 0 Å². The van der Waals surface area contributed by atoms with E-state index in [0.717, 1.165) is 42.8 Å². The van der Waals surface area contributed by atoms with E-state index in [4.69, 9.17) is 4.42 Å². The van der Waals surface area contributed by atoms with Gasteiger partial charge in [0.05, 0.1) is 5.56 Å². The minimum atomic E-state index is -0.372. The summed E-state index contributed by atoms with van der Waals surface area (Å²) in [6.07, 6.45) is 0. The molecule has 0 saturated carbocycles. The predicted molar refractivity (Wildman–Crippen MR) is 138 cm³/mol. The van der Waals surface area contributed by atoms with Gasteiger partial charge in [-0.1, -0.05) is 30.3 Å². The second-order valence-electron chi connectivity index (χ2n) is 7.79. The Labute approximate surface area is 199 Å². The van der Waals surface area contributed by atoms with Crippen molar-refractivity contribution in [2.75, 3.05) is 41.3 Å². The number of fused-ring (bicyclic) bond motifs is 1. The Hall–Kier alpha value is -3.94. The Balaban J connectivity index is 1.70. The van der Waals surface area contributed by atoms with Gasteiger partial charge in [0.2, 0.25) is 17.8 Å². The standard InChI is InChI=1S/C26H30N6O2/c1-5-31(6-2)25-28-24(29-26(30-25)32(7-3)8-4)27-20-15-14-19-16-21(18-12-10-9-11-13-18)23(33)34-22(19)17-20/h9-17H,5-8H2,1-4H3,(H,27,28,29,30). The van der Waals surface area contributed by atoms with E-state index in [1.807, 2.05) is 48.5 Å². The lowest BCUT2D eigenvalue weighted by molar-refractivity contribution is 0.563. The molecule has 2 aromatic carbocycles. The molecule has 0 unspecified atom stereocenters. The first-order chi connectivity index (χ1) is 16.6. The summed E-state index contributed by atoms with van der Waals surface area (Å²) in [5.74, 6) is 1.70. The molecule has 0 atom stereocenters. The van der Waals surface area contributed by atoms with Crippen molar-refractivity contribution in [3.8, 4) is 11.1 Å². The zero-order valence-electron chi connectivity index (χ0n) is 20.1. The summed E-state index contributed by atoms with van der Waals surface area (Å²) in [5.41, 5.74) is 2.23. The minimum Gasteiger partial charge on any atom is -0.422 e. The van der Waals surface area contributed by atoms with Crippen molar-refractivity contribution in [2.45, 2.75) is 27.7 Å². The minimum absolute atomic E-state index is 0.372. The highest BCUT2D eigenvalue weighted by atomic mass is 16.4. The summed E-state index contributed by atoms with van der Waals surface area (Å²) in [4.78, 5) is 30.8. The summed E-state index contributed by atoms with van der Waals surface area (Å²) in [6, 6.07) is 17.0. The normalized spacial score (nSPS) is 10.9. The lowest BCUT2D eigenvalue weighted by Gasteiger charge is -2.23. The van der Waals surface area contributed by atoms with Crippen molar-refractivity contribution in [2.24, 2.45) is 0 Å². The van der Waals surface area contributed by atoms with Crippen LogP contribution >= 0.6 is 0 Å². The van der Waals surface area contributed by atoms with E-state index in [1.54, 1.807) is 6.07 Å². The van der Waals surface area contributed by atoms with Crippen LogP contribution in [0.4, 0.5) is 23.5 Å². The molecule has 0 spiro atoms. The molecule has 0 radical (unpaired) electrons. The molecule has 8 heteroatoms. The molecular formula is C26H30N6O2. The molecule has 0 aliphatic carbocycles. The van der Waals surface area contributed by atoms with E-state index in [2.05, 4.69) is 57.8 Å². The lowest BCUT2D eigenvalue weighted by Crippen LogP contribution is -2.29. The second kappa shape index (κ2) is 10.3. The number of hydrogen-bond donors (Lipinski definition) is 1. The summed E-state index contributed by atoms with van der Waals surface area (Å²) >= 11 is 0. The maximum Gasteiger partial charge on any atom is 0.344 e. The zero-order valence-corrected chi connectivity index (χ0v) is 20.1. The average Bonchev–Trinajstić information content (AvgIpc) is 2.85. The van der Waals surface area contributed by atoms with Gasteiger partial charge in [0.15, 0.2) is 0 Å². The number of aromatic nitrogens is 3. The SMILES string of the molecule is CCN(CC)c1nc(Nc2ccc3cc(-c4ccccc4)c(=O)oc3c2)nc(N(CC)CC)n1. The summed E-state index contributed by atoms with van der Waals surface area (Å²) in [7, 11) is 0. The van der Waals surface area contributed by atoms with Gasteiger partial charge < -0.3 is 19.5 Å². The third kappa shape index (κ3) is 4.85. The molecule has 2 aromatic heterocycles. The molecule has 176 valence electrons.